The predicted octanol–water partition coefficient (Wildman–Crippen LogP) is 3.46. The van der Waals surface area contributed by atoms with Gasteiger partial charge in [0.1, 0.15) is 11.9 Å². The highest BCUT2D eigenvalue weighted by molar-refractivity contribution is 5.61. The van der Waals surface area contributed by atoms with Crippen molar-refractivity contribution < 1.29 is 4.74 Å². The molecule has 20 heavy (non-hydrogen) atoms. The van der Waals surface area contributed by atoms with E-state index in [0.717, 1.165) is 11.3 Å². The Balaban J connectivity index is 2.43. The van der Waals surface area contributed by atoms with Crippen LogP contribution >= 0.6 is 0 Å². The summed E-state index contributed by atoms with van der Waals surface area (Å²) in [5.74, 6) is 1.42. The Morgan fingerprint density at radius 2 is 1.85 bits per heavy atom. The number of nitrogens with zero attached hydrogens (tertiary/aromatic N) is 2. The number of anilines is 1. The zero-order valence-electron chi connectivity index (χ0n) is 12.2. The summed E-state index contributed by atoms with van der Waals surface area (Å²) in [6, 6.07) is 11.8. The Morgan fingerprint density at radius 1 is 1.15 bits per heavy atom. The summed E-state index contributed by atoms with van der Waals surface area (Å²) in [6.45, 7) is 6.78. The largest absolute Gasteiger partial charge is 0.384 e. The molecule has 2 aromatic rings. The standard InChI is InChI=1S/C16H21N3O/c1-4-20-15(11(2)3)16-18-13(10-14(17)19-16)12-8-6-5-7-9-12/h5-11,15H,4H2,1-3H3,(H2,17,18,19). The summed E-state index contributed by atoms with van der Waals surface area (Å²) in [5, 5.41) is 0. The molecule has 0 saturated carbocycles. The normalized spacial score (nSPS) is 12.6. The first-order valence-electron chi connectivity index (χ1n) is 6.93. The molecule has 2 N–H and O–H groups in total. The van der Waals surface area contributed by atoms with Gasteiger partial charge in [0.15, 0.2) is 5.82 Å². The molecule has 1 atom stereocenters. The van der Waals surface area contributed by atoms with Gasteiger partial charge in [-0.05, 0) is 12.8 Å². The molecule has 0 aliphatic rings. The lowest BCUT2D eigenvalue weighted by atomic mass is 10.1. The maximum Gasteiger partial charge on any atom is 0.160 e. The van der Waals surface area contributed by atoms with E-state index in [1.54, 1.807) is 6.07 Å². The Labute approximate surface area is 120 Å². The number of benzene rings is 1. The zero-order valence-corrected chi connectivity index (χ0v) is 12.2. The van der Waals surface area contributed by atoms with Crippen molar-refractivity contribution in [2.45, 2.75) is 26.9 Å². The first-order valence-corrected chi connectivity index (χ1v) is 6.93. The van der Waals surface area contributed by atoms with Crippen LogP contribution < -0.4 is 5.73 Å². The van der Waals surface area contributed by atoms with Crippen molar-refractivity contribution >= 4 is 5.82 Å². The van der Waals surface area contributed by atoms with Crippen molar-refractivity contribution in [1.29, 1.82) is 0 Å². The molecule has 0 bridgehead atoms. The molecule has 106 valence electrons. The van der Waals surface area contributed by atoms with E-state index in [9.17, 15) is 0 Å². The van der Waals surface area contributed by atoms with E-state index in [1.165, 1.54) is 0 Å². The van der Waals surface area contributed by atoms with Gasteiger partial charge in [0.25, 0.3) is 0 Å². The molecule has 0 fully saturated rings. The number of hydrogen-bond acceptors (Lipinski definition) is 4. The third-order valence-corrected chi connectivity index (χ3v) is 3.04. The summed E-state index contributed by atoms with van der Waals surface area (Å²) in [6.07, 6.45) is -0.133. The molecule has 1 aromatic carbocycles. The van der Waals surface area contributed by atoms with Crippen molar-refractivity contribution in [3.63, 3.8) is 0 Å². The van der Waals surface area contributed by atoms with Crippen LogP contribution in [0.1, 0.15) is 32.7 Å². The fourth-order valence-electron chi connectivity index (χ4n) is 2.11. The third kappa shape index (κ3) is 3.33. The third-order valence-electron chi connectivity index (χ3n) is 3.04. The van der Waals surface area contributed by atoms with Crippen LogP contribution in [0.2, 0.25) is 0 Å². The van der Waals surface area contributed by atoms with Crippen LogP contribution in [0.3, 0.4) is 0 Å². The number of nitrogens with two attached hydrogens (primary N) is 1. The average molecular weight is 271 g/mol. The molecular formula is C16H21N3O. The molecule has 1 unspecified atom stereocenters. The first kappa shape index (κ1) is 14.5. The molecule has 0 saturated heterocycles. The molecule has 4 heteroatoms. The van der Waals surface area contributed by atoms with Crippen LogP contribution in [0, 0.1) is 5.92 Å². The van der Waals surface area contributed by atoms with E-state index < -0.39 is 0 Å². The van der Waals surface area contributed by atoms with Gasteiger partial charge in [-0.25, -0.2) is 9.97 Å². The van der Waals surface area contributed by atoms with Crippen molar-refractivity contribution in [3.05, 3.63) is 42.2 Å². The number of ether oxygens (including phenoxy) is 1. The van der Waals surface area contributed by atoms with Gasteiger partial charge in [0, 0.05) is 18.2 Å². The Hall–Kier alpha value is -1.94. The van der Waals surface area contributed by atoms with Crippen molar-refractivity contribution in [2.75, 3.05) is 12.3 Å². The van der Waals surface area contributed by atoms with E-state index in [1.807, 2.05) is 37.3 Å². The molecule has 1 aromatic heterocycles. The smallest absolute Gasteiger partial charge is 0.160 e. The Morgan fingerprint density at radius 3 is 2.45 bits per heavy atom. The number of nitrogen functional groups attached to an aromatic ring is 1. The van der Waals surface area contributed by atoms with Crippen molar-refractivity contribution in [3.8, 4) is 11.3 Å². The van der Waals surface area contributed by atoms with Gasteiger partial charge in [-0.15, -0.1) is 0 Å². The molecule has 0 aliphatic carbocycles. The lowest BCUT2D eigenvalue weighted by Gasteiger charge is -2.20. The summed E-state index contributed by atoms with van der Waals surface area (Å²) in [7, 11) is 0. The zero-order chi connectivity index (χ0) is 14.5. The van der Waals surface area contributed by atoms with E-state index in [-0.39, 0.29) is 6.10 Å². The second kappa shape index (κ2) is 6.48. The SMILES string of the molecule is CCOC(c1nc(N)cc(-c2ccccc2)n1)C(C)C. The minimum Gasteiger partial charge on any atom is -0.384 e. The van der Waals surface area contributed by atoms with Crippen LogP contribution in [-0.2, 0) is 4.74 Å². The van der Waals surface area contributed by atoms with Crippen LogP contribution in [-0.4, -0.2) is 16.6 Å². The summed E-state index contributed by atoms with van der Waals surface area (Å²) in [5.41, 5.74) is 7.79. The van der Waals surface area contributed by atoms with Gasteiger partial charge in [0.05, 0.1) is 5.69 Å². The van der Waals surface area contributed by atoms with Gasteiger partial charge >= 0.3 is 0 Å². The maximum absolute atomic E-state index is 5.92. The molecule has 4 nitrogen and oxygen atoms in total. The first-order chi connectivity index (χ1) is 9.61. The number of rotatable bonds is 5. The highest BCUT2D eigenvalue weighted by Crippen LogP contribution is 2.26. The molecule has 0 radical (unpaired) electrons. The number of aromatic nitrogens is 2. The average Bonchev–Trinajstić information content (AvgIpc) is 2.44. The molecule has 2 rings (SSSR count). The quantitative estimate of drug-likeness (QED) is 0.904. The van der Waals surface area contributed by atoms with Gasteiger partial charge in [0.2, 0.25) is 0 Å². The predicted molar refractivity (Wildman–Crippen MR) is 81.1 cm³/mol. The maximum atomic E-state index is 5.92. The van der Waals surface area contributed by atoms with E-state index >= 15 is 0 Å². The highest BCUT2D eigenvalue weighted by atomic mass is 16.5. The van der Waals surface area contributed by atoms with Crippen molar-refractivity contribution in [2.24, 2.45) is 5.92 Å². The highest BCUT2D eigenvalue weighted by Gasteiger charge is 2.20. The second-order valence-corrected chi connectivity index (χ2v) is 5.02. The summed E-state index contributed by atoms with van der Waals surface area (Å²) >= 11 is 0. The second-order valence-electron chi connectivity index (χ2n) is 5.02. The Bertz CT molecular complexity index is 555. The van der Waals surface area contributed by atoms with E-state index in [0.29, 0.717) is 24.2 Å². The minimum absolute atomic E-state index is 0.133. The molecule has 0 spiro atoms. The molecular weight excluding hydrogens is 250 g/mol. The summed E-state index contributed by atoms with van der Waals surface area (Å²) in [4.78, 5) is 8.97. The lowest BCUT2D eigenvalue weighted by molar-refractivity contribution is 0.0234. The van der Waals surface area contributed by atoms with Crippen LogP contribution in [0.15, 0.2) is 36.4 Å². The topological polar surface area (TPSA) is 61.0 Å². The fraction of sp³-hybridized carbons (Fsp3) is 0.375. The summed E-state index contributed by atoms with van der Waals surface area (Å²) < 4.78 is 5.75. The monoisotopic (exact) mass is 271 g/mol. The Kier molecular flexibility index (Phi) is 4.69. The van der Waals surface area contributed by atoms with Crippen LogP contribution in [0.5, 0.6) is 0 Å². The number of hydrogen-bond donors (Lipinski definition) is 1. The minimum atomic E-state index is -0.133. The molecule has 0 amide bonds. The van der Waals surface area contributed by atoms with Gasteiger partial charge in [-0.2, -0.15) is 0 Å². The lowest BCUT2D eigenvalue weighted by Crippen LogP contribution is -2.15. The molecule has 1 heterocycles. The van der Waals surface area contributed by atoms with Gasteiger partial charge in [-0.3, -0.25) is 0 Å². The fourth-order valence-corrected chi connectivity index (χ4v) is 2.11. The molecule has 0 aliphatic heterocycles. The van der Waals surface area contributed by atoms with Gasteiger partial charge in [-0.1, -0.05) is 44.2 Å². The van der Waals surface area contributed by atoms with Crippen LogP contribution in [0.25, 0.3) is 11.3 Å². The van der Waals surface area contributed by atoms with E-state index in [2.05, 4.69) is 23.8 Å². The van der Waals surface area contributed by atoms with Crippen molar-refractivity contribution in [1.82, 2.24) is 9.97 Å². The van der Waals surface area contributed by atoms with Gasteiger partial charge < -0.3 is 10.5 Å². The van der Waals surface area contributed by atoms with Crippen LogP contribution in [0.4, 0.5) is 5.82 Å². The van der Waals surface area contributed by atoms with E-state index in [4.69, 9.17) is 10.5 Å².